The van der Waals surface area contributed by atoms with E-state index in [0.717, 1.165) is 24.3 Å². The quantitative estimate of drug-likeness (QED) is 0.365. The van der Waals surface area contributed by atoms with Crippen molar-refractivity contribution in [1.29, 1.82) is 0 Å². The fourth-order valence-electron chi connectivity index (χ4n) is 7.37. The molecule has 6 heteroatoms. The van der Waals surface area contributed by atoms with Crippen LogP contribution in [0.15, 0.2) is 53.3 Å². The predicted molar refractivity (Wildman–Crippen MR) is 162 cm³/mol. The summed E-state index contributed by atoms with van der Waals surface area (Å²) in [7, 11) is 1.90. The van der Waals surface area contributed by atoms with Crippen LogP contribution in [0.2, 0.25) is 0 Å². The van der Waals surface area contributed by atoms with Gasteiger partial charge in [0, 0.05) is 13.6 Å². The Morgan fingerprint density at radius 3 is 2.58 bits per heavy atom. The van der Waals surface area contributed by atoms with Gasteiger partial charge in [0.15, 0.2) is 5.11 Å². The van der Waals surface area contributed by atoms with Gasteiger partial charge in [-0.15, -0.1) is 0 Å². The minimum atomic E-state index is -0.0959. The van der Waals surface area contributed by atoms with Crippen LogP contribution in [0.1, 0.15) is 81.7 Å². The third kappa shape index (κ3) is 4.51. The van der Waals surface area contributed by atoms with Crippen molar-refractivity contribution in [3.05, 3.63) is 81.3 Å². The van der Waals surface area contributed by atoms with E-state index in [1.54, 1.807) is 15.8 Å². The highest BCUT2D eigenvalue weighted by molar-refractivity contribution is 7.80. The maximum absolute atomic E-state index is 13.3. The summed E-state index contributed by atoms with van der Waals surface area (Å²) in [5, 5.41) is 7.29. The highest BCUT2D eigenvalue weighted by Gasteiger charge is 2.51. The summed E-state index contributed by atoms with van der Waals surface area (Å²) in [6, 6.07) is 17.0. The van der Waals surface area contributed by atoms with Crippen molar-refractivity contribution >= 4 is 23.0 Å². The normalized spacial score (nSPS) is 24.6. The SMILES string of the molecule is Cc1c(NC(=S)NCC2(C)CCCC3(C)c4ccc(C(C)C)cc4CCC23)c(=O)n(-c2ccccc2)n1C. The Bertz CT molecular complexity index is 1400. The van der Waals surface area contributed by atoms with E-state index < -0.39 is 0 Å². The molecule has 1 saturated carbocycles. The van der Waals surface area contributed by atoms with E-state index in [1.165, 1.54) is 31.2 Å². The molecule has 2 aromatic carbocycles. The van der Waals surface area contributed by atoms with Crippen molar-refractivity contribution in [3.8, 4) is 5.69 Å². The zero-order valence-electron chi connectivity index (χ0n) is 23.7. The fraction of sp³-hybridized carbons (Fsp3) is 0.500. The monoisotopic (exact) mass is 530 g/mol. The summed E-state index contributed by atoms with van der Waals surface area (Å²) in [6.07, 6.45) is 6.01. The number of aryl methyl sites for hydroxylation is 1. The molecule has 2 aliphatic rings. The lowest BCUT2D eigenvalue weighted by molar-refractivity contribution is 0.0294. The van der Waals surface area contributed by atoms with Crippen molar-refractivity contribution in [3.63, 3.8) is 0 Å². The number of fused-ring (bicyclic) bond motifs is 3. The van der Waals surface area contributed by atoms with E-state index in [-0.39, 0.29) is 16.4 Å². The van der Waals surface area contributed by atoms with Gasteiger partial charge in [0.05, 0.1) is 11.4 Å². The molecule has 1 aromatic heterocycles. The van der Waals surface area contributed by atoms with E-state index in [2.05, 4.69) is 56.5 Å². The first-order valence-electron chi connectivity index (χ1n) is 14.1. The van der Waals surface area contributed by atoms with Gasteiger partial charge in [-0.25, -0.2) is 4.68 Å². The van der Waals surface area contributed by atoms with E-state index in [9.17, 15) is 4.79 Å². The topological polar surface area (TPSA) is 51.0 Å². The highest BCUT2D eigenvalue weighted by atomic mass is 32.1. The molecule has 0 bridgehead atoms. The molecule has 2 aliphatic carbocycles. The van der Waals surface area contributed by atoms with Crippen molar-refractivity contribution in [2.45, 2.75) is 78.1 Å². The molecule has 3 aromatic rings. The molecule has 3 unspecified atom stereocenters. The summed E-state index contributed by atoms with van der Waals surface area (Å²) in [5.74, 6) is 1.15. The molecule has 0 saturated heterocycles. The largest absolute Gasteiger partial charge is 0.362 e. The molecule has 2 N–H and O–H groups in total. The lowest BCUT2D eigenvalue weighted by Crippen LogP contribution is -2.53. The zero-order valence-corrected chi connectivity index (χ0v) is 24.5. The first-order valence-corrected chi connectivity index (χ1v) is 14.5. The van der Waals surface area contributed by atoms with Crippen LogP contribution in [-0.2, 0) is 18.9 Å². The van der Waals surface area contributed by atoms with Crippen LogP contribution in [-0.4, -0.2) is 21.0 Å². The standard InChI is InChI=1S/C32H42N4OS/c1-21(2)23-13-15-26-24(19-23)14-16-27-31(4,17-10-18-32(26,27)5)20-33-30(38)34-28-22(3)35(6)36(29(28)37)25-11-8-7-9-12-25/h7-9,11-13,15,19,21,27H,10,14,16-18,20H2,1-6H3,(H2,33,34,38). The number of aromatic nitrogens is 2. The summed E-state index contributed by atoms with van der Waals surface area (Å²) < 4.78 is 3.55. The number of nitrogens with one attached hydrogen (secondary N) is 2. The Morgan fingerprint density at radius 2 is 1.87 bits per heavy atom. The second-order valence-corrected chi connectivity index (χ2v) is 12.7. The van der Waals surface area contributed by atoms with Crippen LogP contribution >= 0.6 is 12.2 Å². The number of anilines is 1. The van der Waals surface area contributed by atoms with Gasteiger partial charge in [-0.1, -0.05) is 70.5 Å². The van der Waals surface area contributed by atoms with Crippen LogP contribution in [0, 0.1) is 18.3 Å². The van der Waals surface area contributed by atoms with E-state index in [1.807, 2.05) is 49.0 Å². The number of para-hydroxylation sites is 1. The van der Waals surface area contributed by atoms with E-state index >= 15 is 0 Å². The first kappa shape index (κ1) is 26.7. The molecular formula is C32H42N4OS. The van der Waals surface area contributed by atoms with Gasteiger partial charge >= 0.3 is 0 Å². The number of benzene rings is 2. The number of thiocarbonyl (C=S) groups is 1. The highest BCUT2D eigenvalue weighted by Crippen LogP contribution is 2.57. The van der Waals surface area contributed by atoms with Crippen molar-refractivity contribution < 1.29 is 0 Å². The molecular weight excluding hydrogens is 488 g/mol. The zero-order chi connectivity index (χ0) is 27.2. The molecule has 202 valence electrons. The molecule has 1 fully saturated rings. The Labute approximate surface area is 232 Å². The van der Waals surface area contributed by atoms with Gasteiger partial charge in [0.2, 0.25) is 0 Å². The number of hydrogen-bond acceptors (Lipinski definition) is 2. The molecule has 0 amide bonds. The molecule has 0 aliphatic heterocycles. The van der Waals surface area contributed by atoms with Crippen LogP contribution in [0.25, 0.3) is 5.69 Å². The number of hydrogen-bond donors (Lipinski definition) is 2. The van der Waals surface area contributed by atoms with Crippen LogP contribution < -0.4 is 16.2 Å². The van der Waals surface area contributed by atoms with Gasteiger partial charge < -0.3 is 10.6 Å². The Kier molecular flexibility index (Phi) is 7.06. The molecule has 0 spiro atoms. The minimum absolute atomic E-state index is 0.0959. The molecule has 0 radical (unpaired) electrons. The third-order valence-electron chi connectivity index (χ3n) is 9.61. The molecule has 3 atom stereocenters. The maximum Gasteiger partial charge on any atom is 0.295 e. The summed E-state index contributed by atoms with van der Waals surface area (Å²) in [4.78, 5) is 13.3. The van der Waals surface area contributed by atoms with Gasteiger partial charge in [0.1, 0.15) is 5.69 Å². The van der Waals surface area contributed by atoms with Crippen LogP contribution in [0.5, 0.6) is 0 Å². The molecule has 5 nitrogen and oxygen atoms in total. The van der Waals surface area contributed by atoms with Crippen molar-refractivity contribution in [2.75, 3.05) is 11.9 Å². The second-order valence-electron chi connectivity index (χ2n) is 12.3. The van der Waals surface area contributed by atoms with Gasteiger partial charge in [-0.05, 0) is 96.3 Å². The number of rotatable bonds is 5. The predicted octanol–water partition coefficient (Wildman–Crippen LogP) is 6.60. The summed E-state index contributed by atoms with van der Waals surface area (Å²) in [5.41, 5.74) is 7.00. The Balaban J connectivity index is 1.33. The lowest BCUT2D eigenvalue weighted by atomic mass is 9.49. The summed E-state index contributed by atoms with van der Waals surface area (Å²) >= 11 is 5.74. The smallest absolute Gasteiger partial charge is 0.295 e. The van der Waals surface area contributed by atoms with E-state index in [0.29, 0.717) is 22.6 Å². The van der Waals surface area contributed by atoms with Gasteiger partial charge in [0.25, 0.3) is 5.56 Å². The van der Waals surface area contributed by atoms with E-state index in [4.69, 9.17) is 12.2 Å². The molecule has 5 rings (SSSR count). The van der Waals surface area contributed by atoms with Gasteiger partial charge in [-0.2, -0.15) is 0 Å². The molecule has 38 heavy (non-hydrogen) atoms. The van der Waals surface area contributed by atoms with Crippen LogP contribution in [0.4, 0.5) is 5.69 Å². The van der Waals surface area contributed by atoms with Crippen molar-refractivity contribution in [2.24, 2.45) is 18.4 Å². The Hall–Kier alpha value is -2.86. The lowest BCUT2D eigenvalue weighted by Gasteiger charge is -2.55. The number of nitrogens with zero attached hydrogens (tertiary/aromatic N) is 2. The first-order chi connectivity index (χ1) is 18.0. The van der Waals surface area contributed by atoms with Gasteiger partial charge in [-0.3, -0.25) is 9.48 Å². The van der Waals surface area contributed by atoms with Crippen molar-refractivity contribution in [1.82, 2.24) is 14.7 Å². The minimum Gasteiger partial charge on any atom is -0.362 e. The third-order valence-corrected chi connectivity index (χ3v) is 9.86. The average molecular weight is 531 g/mol. The van der Waals surface area contributed by atoms with Crippen LogP contribution in [0.3, 0.4) is 0 Å². The molecule has 1 heterocycles. The Morgan fingerprint density at radius 1 is 1.13 bits per heavy atom. The second kappa shape index (κ2) is 10.0. The fourth-order valence-corrected chi connectivity index (χ4v) is 7.54. The summed E-state index contributed by atoms with van der Waals surface area (Å²) in [6.45, 7) is 12.2. The average Bonchev–Trinajstić information content (AvgIpc) is 3.10. The maximum atomic E-state index is 13.3.